The smallest absolute Gasteiger partial charge is 0.240 e. The Labute approximate surface area is 576 Å². The van der Waals surface area contributed by atoms with E-state index in [1.165, 1.54) is 98.3 Å². The molecule has 15 rings (SSSR count). The molecule has 6 aromatic carbocycles. The molecule has 0 aliphatic carbocycles. The molecular formula is C68H59Cl4N7O4S8. The number of nitrogens with one attached hydrogen (secondary N) is 1. The van der Waals surface area contributed by atoms with Crippen LogP contribution in [0.5, 0.6) is 0 Å². The summed E-state index contributed by atoms with van der Waals surface area (Å²) in [6.45, 7) is 20.9. The predicted molar refractivity (Wildman–Crippen MR) is 394 cm³/mol. The zero-order valence-corrected chi connectivity index (χ0v) is 60.9. The fraction of sp³-hybridized carbons (Fsp3) is 0.176. The third-order valence-corrected chi connectivity index (χ3v) is 25.1. The minimum absolute atomic E-state index is 0.257. The van der Waals surface area contributed by atoms with Crippen molar-refractivity contribution >= 4 is 187 Å². The number of halogens is 4. The number of benzene rings is 6. The molecule has 0 aliphatic rings. The van der Waals surface area contributed by atoms with Gasteiger partial charge in [0.15, 0.2) is 26.0 Å². The number of rotatable bonds is 7. The van der Waals surface area contributed by atoms with Crippen molar-refractivity contribution in [2.75, 3.05) is 13.4 Å². The molecule has 0 fully saturated rings. The minimum Gasteiger partial charge on any atom is -0.462 e. The third-order valence-electron chi connectivity index (χ3n) is 14.4. The molecule has 91 heavy (non-hydrogen) atoms. The van der Waals surface area contributed by atoms with Gasteiger partial charge in [-0.3, -0.25) is 0 Å². The predicted octanol–water partition coefficient (Wildman–Crippen LogP) is 23.3. The van der Waals surface area contributed by atoms with Crippen LogP contribution < -0.4 is 4.72 Å². The second kappa shape index (κ2) is 29.4. The van der Waals surface area contributed by atoms with E-state index >= 15 is 0 Å². The molecule has 0 unspecified atom stereocenters. The van der Waals surface area contributed by atoms with Gasteiger partial charge in [0, 0.05) is 29.6 Å². The summed E-state index contributed by atoms with van der Waals surface area (Å²) in [5.41, 5.74) is 19.5. The van der Waals surface area contributed by atoms with Crippen molar-refractivity contribution in [1.29, 1.82) is 0 Å². The maximum atomic E-state index is 11.8. The standard InChI is InChI=1S/C16H16N2O2S2.C13H9Cl2NS2.C13H10ClNOS.C13H11NOS.C12H10N2S2.CH3Cl/c1-10-4-5-11(2)15-14(10)18-16(21-15)12-6-8-13(9-7-12)22(19,20)17-3;1-6-3-4-7(2)11-10(6)16-13(18-11)9-5-8(14)12(15)17-9;1-7-3-4-8(2)12-11(7)15-13(17-12)9-5-10(14)16-6-9;1-8-5-6-9(2)12-11(8)14-13(16-12)10-4-3-7-15-10;1-7-3-4-8(2)10-9(7)14-12(16-10)11-13-5-6-15-11;1-2/h4-9,17H,1-3H3;3-5H,1-2H3;3-6H,1-2H3;3-7H,1-2H3;3-6H,1-2H3;1H3. The van der Waals surface area contributed by atoms with E-state index < -0.39 is 10.0 Å². The van der Waals surface area contributed by atoms with Crippen LogP contribution in [-0.2, 0) is 10.0 Å². The van der Waals surface area contributed by atoms with Crippen molar-refractivity contribution in [1.82, 2.24) is 34.6 Å². The zero-order chi connectivity index (χ0) is 65.0. The van der Waals surface area contributed by atoms with Gasteiger partial charge in [0.05, 0.1) is 77.7 Å². The number of thiazole rings is 6. The molecule has 11 nitrogen and oxygen atoms in total. The Morgan fingerprint density at radius 1 is 0.440 bits per heavy atom. The Balaban J connectivity index is 0.000000125. The molecule has 0 bridgehead atoms. The number of alkyl halides is 1. The average Bonchev–Trinajstić information content (AvgIpc) is 1.84. The number of fused-ring (bicyclic) bond motifs is 5. The molecule has 0 saturated carbocycles. The van der Waals surface area contributed by atoms with Gasteiger partial charge in [-0.15, -0.1) is 91.0 Å². The van der Waals surface area contributed by atoms with Crippen molar-refractivity contribution in [3.63, 3.8) is 0 Å². The first kappa shape index (κ1) is 67.6. The molecular weight excluding hydrogens is 1380 g/mol. The number of aromatic nitrogens is 6. The van der Waals surface area contributed by atoms with E-state index in [4.69, 9.17) is 53.6 Å². The number of nitrogens with zero attached hydrogens (tertiary/aromatic N) is 6. The molecule has 9 aromatic heterocycles. The highest BCUT2D eigenvalue weighted by atomic mass is 35.5. The zero-order valence-electron chi connectivity index (χ0n) is 51.3. The van der Waals surface area contributed by atoms with Gasteiger partial charge in [0.2, 0.25) is 10.0 Å². The Morgan fingerprint density at radius 3 is 1.23 bits per heavy atom. The molecule has 23 heteroatoms. The highest BCUT2D eigenvalue weighted by Gasteiger charge is 2.18. The van der Waals surface area contributed by atoms with Crippen LogP contribution in [0.3, 0.4) is 0 Å². The monoisotopic (exact) mass is 1430 g/mol. The summed E-state index contributed by atoms with van der Waals surface area (Å²) in [5.74, 6) is 0.847. The van der Waals surface area contributed by atoms with E-state index in [9.17, 15) is 8.42 Å². The van der Waals surface area contributed by atoms with Crippen LogP contribution in [0.4, 0.5) is 0 Å². The third kappa shape index (κ3) is 15.1. The lowest BCUT2D eigenvalue weighted by molar-refractivity contribution is 0.570. The van der Waals surface area contributed by atoms with Gasteiger partial charge < -0.3 is 8.83 Å². The summed E-state index contributed by atoms with van der Waals surface area (Å²) in [7, 11) is -2.00. The van der Waals surface area contributed by atoms with Gasteiger partial charge in [-0.1, -0.05) is 96.0 Å². The first-order chi connectivity index (χ1) is 43.6. The second-order valence-electron chi connectivity index (χ2n) is 20.9. The summed E-state index contributed by atoms with van der Waals surface area (Å²) < 4.78 is 43.1. The van der Waals surface area contributed by atoms with Gasteiger partial charge in [-0.05, 0) is 174 Å². The number of aryl methyl sites for hydroxylation is 10. The number of thiophene rings is 1. The van der Waals surface area contributed by atoms with Crippen molar-refractivity contribution in [2.45, 2.75) is 74.1 Å². The molecule has 1 N–H and O–H groups in total. The molecule has 466 valence electrons. The fourth-order valence-corrected chi connectivity index (χ4v) is 17.8. The molecule has 9 heterocycles. The van der Waals surface area contributed by atoms with Gasteiger partial charge in [-0.25, -0.2) is 43.0 Å². The largest absolute Gasteiger partial charge is 0.462 e. The molecule has 0 radical (unpaired) electrons. The lowest BCUT2D eigenvalue weighted by Crippen LogP contribution is -2.18. The molecule has 15 aromatic rings. The van der Waals surface area contributed by atoms with Crippen LogP contribution in [0.15, 0.2) is 147 Å². The van der Waals surface area contributed by atoms with E-state index in [0.29, 0.717) is 14.6 Å². The maximum absolute atomic E-state index is 11.8. The highest BCUT2D eigenvalue weighted by molar-refractivity contribution is 7.89. The molecule has 0 atom stereocenters. The number of furan rings is 2. The lowest BCUT2D eigenvalue weighted by atomic mass is 10.1. The first-order valence-corrected chi connectivity index (χ1v) is 37.2. The summed E-state index contributed by atoms with van der Waals surface area (Å²) >= 11 is 34.0. The van der Waals surface area contributed by atoms with Crippen LogP contribution in [-0.4, -0.2) is 51.8 Å². The van der Waals surface area contributed by atoms with Crippen LogP contribution >= 0.6 is 126 Å². The highest BCUT2D eigenvalue weighted by Crippen LogP contribution is 2.43. The van der Waals surface area contributed by atoms with Crippen molar-refractivity contribution in [3.05, 3.63) is 204 Å². The van der Waals surface area contributed by atoms with E-state index in [1.54, 1.807) is 111 Å². The Morgan fingerprint density at radius 2 is 0.846 bits per heavy atom. The average molecular weight is 1440 g/mol. The first-order valence-electron chi connectivity index (χ1n) is 28.0. The summed E-state index contributed by atoms with van der Waals surface area (Å²) in [4.78, 5) is 29.0. The van der Waals surface area contributed by atoms with Crippen molar-refractivity contribution in [2.24, 2.45) is 0 Å². The van der Waals surface area contributed by atoms with Gasteiger partial charge in [-0.2, -0.15) is 0 Å². The van der Waals surface area contributed by atoms with Crippen LogP contribution in [0.1, 0.15) is 55.6 Å². The summed E-state index contributed by atoms with van der Waals surface area (Å²) in [5, 5.41) is 8.83. The topological polar surface area (TPSA) is 150 Å². The van der Waals surface area contributed by atoms with Gasteiger partial charge in [0.1, 0.15) is 25.6 Å². The Hall–Kier alpha value is -6.27. The van der Waals surface area contributed by atoms with Crippen LogP contribution in [0.2, 0.25) is 14.6 Å². The Bertz CT molecular complexity index is 4830. The molecule has 0 aliphatic heterocycles. The number of sulfonamides is 1. The quantitative estimate of drug-likeness (QED) is 0.153. The second-order valence-corrected chi connectivity index (χ2v) is 31.1. The number of hydrogen-bond donors (Lipinski definition) is 1. The molecule has 0 amide bonds. The van der Waals surface area contributed by atoms with Gasteiger partial charge in [0.25, 0.3) is 0 Å². The van der Waals surface area contributed by atoms with E-state index in [1.807, 2.05) is 36.7 Å². The maximum Gasteiger partial charge on any atom is 0.240 e. The van der Waals surface area contributed by atoms with Crippen molar-refractivity contribution < 1.29 is 17.3 Å². The van der Waals surface area contributed by atoms with Gasteiger partial charge >= 0.3 is 0 Å². The Kier molecular flexibility index (Phi) is 21.8. The minimum atomic E-state index is -3.40. The molecule has 0 saturated heterocycles. The fourth-order valence-electron chi connectivity index (χ4n) is 9.34. The summed E-state index contributed by atoms with van der Waals surface area (Å²) in [6.07, 6.45) is 6.62. The number of hydrogen-bond acceptors (Lipinski definition) is 17. The summed E-state index contributed by atoms with van der Waals surface area (Å²) in [6, 6.07) is 35.5. The van der Waals surface area contributed by atoms with E-state index in [-0.39, 0.29) is 4.90 Å². The van der Waals surface area contributed by atoms with E-state index in [2.05, 4.69) is 159 Å². The normalized spacial score (nSPS) is 11.2. The van der Waals surface area contributed by atoms with Crippen LogP contribution in [0, 0.1) is 69.2 Å². The lowest BCUT2D eigenvalue weighted by Gasteiger charge is -2.02. The molecule has 0 spiro atoms. The van der Waals surface area contributed by atoms with Crippen molar-refractivity contribution in [3.8, 4) is 51.8 Å². The SMILES string of the molecule is CCl.CNS(=O)(=O)c1ccc(-c2nc3c(C)ccc(C)c3s2)cc1.Cc1ccc(C)c2sc(-c3cc(Cl)c(Cl)s3)nc12.Cc1ccc(C)c2sc(-c3ccco3)nc12.Cc1ccc(C)c2sc(-c3coc(Cl)c3)nc12.Cc1ccc(C)c2sc(-c3nccs3)nc12. The van der Waals surface area contributed by atoms with E-state index in [0.717, 1.165) is 85.0 Å². The van der Waals surface area contributed by atoms with Crippen LogP contribution in [0.25, 0.3) is 103 Å².